The molecule has 0 heterocycles. The van der Waals surface area contributed by atoms with Crippen LogP contribution in [0.5, 0.6) is 11.5 Å². The maximum Gasteiger partial charge on any atom is 0.255 e. The molecule has 1 N–H and O–H groups in total. The number of sulfonamides is 1. The zero-order valence-corrected chi connectivity index (χ0v) is 18.2. The highest BCUT2D eigenvalue weighted by molar-refractivity contribution is 7.89. The lowest BCUT2D eigenvalue weighted by Crippen LogP contribution is -2.33. The Labute approximate surface area is 172 Å². The fourth-order valence-corrected chi connectivity index (χ4v) is 3.93. The second-order valence-corrected chi connectivity index (χ2v) is 8.61. The molecule has 158 valence electrons. The van der Waals surface area contributed by atoms with Crippen molar-refractivity contribution in [3.63, 3.8) is 0 Å². The fourth-order valence-electron chi connectivity index (χ4n) is 2.56. The molecular formula is C21H28N2O5S. The summed E-state index contributed by atoms with van der Waals surface area (Å²) in [6, 6.07) is 10.9. The summed E-state index contributed by atoms with van der Waals surface area (Å²) >= 11 is 0. The Balaban J connectivity index is 2.25. The van der Waals surface area contributed by atoms with E-state index in [0.29, 0.717) is 36.0 Å². The van der Waals surface area contributed by atoms with Gasteiger partial charge in [-0.05, 0) is 64.1 Å². The van der Waals surface area contributed by atoms with E-state index in [2.05, 4.69) is 5.32 Å². The van der Waals surface area contributed by atoms with E-state index in [4.69, 9.17) is 9.47 Å². The maximum absolute atomic E-state index is 12.7. The molecule has 0 aliphatic heterocycles. The van der Waals surface area contributed by atoms with Crippen LogP contribution in [-0.4, -0.2) is 44.9 Å². The molecule has 1 amide bonds. The summed E-state index contributed by atoms with van der Waals surface area (Å²) in [5, 5.41) is 2.81. The van der Waals surface area contributed by atoms with Crippen molar-refractivity contribution < 1.29 is 22.7 Å². The Kier molecular flexibility index (Phi) is 7.64. The van der Waals surface area contributed by atoms with Crippen LogP contribution in [0.15, 0.2) is 47.4 Å². The first-order valence-corrected chi connectivity index (χ1v) is 10.9. The number of carbonyl (C=O) groups is 1. The summed E-state index contributed by atoms with van der Waals surface area (Å²) in [6.45, 7) is 8.28. The minimum atomic E-state index is -3.60. The van der Waals surface area contributed by atoms with E-state index < -0.39 is 10.0 Å². The number of amides is 1. The number of rotatable bonds is 9. The van der Waals surface area contributed by atoms with E-state index in [-0.39, 0.29) is 16.8 Å². The number of nitrogens with zero attached hydrogens (tertiary/aromatic N) is 1. The minimum absolute atomic E-state index is 0.138. The van der Waals surface area contributed by atoms with E-state index in [1.54, 1.807) is 32.0 Å². The number of ether oxygens (including phenoxy) is 2. The summed E-state index contributed by atoms with van der Waals surface area (Å²) in [4.78, 5) is 12.8. The van der Waals surface area contributed by atoms with Gasteiger partial charge in [-0.2, -0.15) is 4.31 Å². The van der Waals surface area contributed by atoms with Crippen LogP contribution in [0.3, 0.4) is 0 Å². The molecule has 0 unspecified atom stereocenters. The molecule has 0 saturated carbocycles. The first-order valence-electron chi connectivity index (χ1n) is 9.49. The van der Waals surface area contributed by atoms with Crippen LogP contribution < -0.4 is 14.8 Å². The smallest absolute Gasteiger partial charge is 0.255 e. The first-order chi connectivity index (χ1) is 13.7. The molecule has 29 heavy (non-hydrogen) atoms. The van der Waals surface area contributed by atoms with Crippen LogP contribution in [0.25, 0.3) is 0 Å². The molecule has 0 radical (unpaired) electrons. The van der Waals surface area contributed by atoms with Crippen molar-refractivity contribution >= 4 is 21.6 Å². The van der Waals surface area contributed by atoms with Crippen LogP contribution in [0.2, 0.25) is 0 Å². The zero-order chi connectivity index (χ0) is 21.6. The van der Waals surface area contributed by atoms with E-state index in [0.717, 1.165) is 0 Å². The molecule has 0 fully saturated rings. The van der Waals surface area contributed by atoms with E-state index in [1.807, 2.05) is 13.8 Å². The highest BCUT2D eigenvalue weighted by Crippen LogP contribution is 2.30. The highest BCUT2D eigenvalue weighted by atomic mass is 32.2. The van der Waals surface area contributed by atoms with Gasteiger partial charge in [-0.3, -0.25) is 4.79 Å². The molecule has 0 spiro atoms. The summed E-state index contributed by atoms with van der Waals surface area (Å²) in [5.74, 6) is 0.771. The third kappa shape index (κ3) is 5.48. The van der Waals surface area contributed by atoms with Crippen molar-refractivity contribution in [2.75, 3.05) is 25.6 Å². The molecule has 8 heteroatoms. The van der Waals surface area contributed by atoms with Crippen LogP contribution in [0, 0.1) is 0 Å². The third-order valence-corrected chi connectivity index (χ3v) is 6.38. The predicted octanol–water partition coefficient (Wildman–Crippen LogP) is 3.77. The topological polar surface area (TPSA) is 84.9 Å². The van der Waals surface area contributed by atoms with Gasteiger partial charge in [-0.15, -0.1) is 0 Å². The molecular weight excluding hydrogens is 392 g/mol. The van der Waals surface area contributed by atoms with Crippen LogP contribution in [-0.2, 0) is 10.0 Å². The Bertz CT molecular complexity index is 940. The first kappa shape index (κ1) is 22.7. The number of carbonyl (C=O) groups excluding carboxylic acids is 1. The van der Waals surface area contributed by atoms with Gasteiger partial charge in [0.05, 0.1) is 23.8 Å². The SMILES string of the molecule is CCOc1ccc(OCC)c(NC(=O)c2ccc(S(=O)(=O)N(C)C(C)C)cc2)c1. The van der Waals surface area contributed by atoms with Crippen LogP contribution in [0.1, 0.15) is 38.1 Å². The third-order valence-electron chi connectivity index (χ3n) is 4.33. The quantitative estimate of drug-likeness (QED) is 0.668. The van der Waals surface area contributed by atoms with E-state index in [9.17, 15) is 13.2 Å². The van der Waals surface area contributed by atoms with Gasteiger partial charge in [0.25, 0.3) is 5.91 Å². The lowest BCUT2D eigenvalue weighted by atomic mass is 10.2. The maximum atomic E-state index is 12.7. The van der Waals surface area contributed by atoms with Gasteiger partial charge in [0.15, 0.2) is 0 Å². The lowest BCUT2D eigenvalue weighted by molar-refractivity contribution is 0.102. The minimum Gasteiger partial charge on any atom is -0.494 e. The lowest BCUT2D eigenvalue weighted by Gasteiger charge is -2.21. The summed E-state index contributed by atoms with van der Waals surface area (Å²) in [6.07, 6.45) is 0. The average molecular weight is 421 g/mol. The molecule has 0 saturated heterocycles. The van der Waals surface area contributed by atoms with Crippen molar-refractivity contribution in [1.82, 2.24) is 4.31 Å². The molecule has 2 aromatic rings. The Morgan fingerprint density at radius 1 is 1.03 bits per heavy atom. The normalized spacial score (nSPS) is 11.6. The second-order valence-electron chi connectivity index (χ2n) is 6.62. The van der Waals surface area contributed by atoms with Gasteiger partial charge >= 0.3 is 0 Å². The fraction of sp³-hybridized carbons (Fsp3) is 0.381. The van der Waals surface area contributed by atoms with Crippen molar-refractivity contribution in [3.05, 3.63) is 48.0 Å². The Morgan fingerprint density at radius 3 is 2.21 bits per heavy atom. The molecule has 0 aliphatic carbocycles. The Morgan fingerprint density at radius 2 is 1.66 bits per heavy atom. The van der Waals surface area contributed by atoms with Gasteiger partial charge in [0.2, 0.25) is 10.0 Å². The van der Waals surface area contributed by atoms with Gasteiger partial charge < -0.3 is 14.8 Å². The van der Waals surface area contributed by atoms with Crippen molar-refractivity contribution in [3.8, 4) is 11.5 Å². The van der Waals surface area contributed by atoms with Crippen molar-refractivity contribution in [1.29, 1.82) is 0 Å². The molecule has 2 rings (SSSR count). The number of benzene rings is 2. The van der Waals surface area contributed by atoms with E-state index in [1.165, 1.54) is 35.6 Å². The van der Waals surface area contributed by atoms with Crippen LogP contribution in [0.4, 0.5) is 5.69 Å². The Hall–Kier alpha value is -2.58. The zero-order valence-electron chi connectivity index (χ0n) is 17.4. The monoisotopic (exact) mass is 420 g/mol. The summed E-state index contributed by atoms with van der Waals surface area (Å²) in [5.41, 5.74) is 0.819. The number of hydrogen-bond donors (Lipinski definition) is 1. The average Bonchev–Trinajstić information content (AvgIpc) is 2.69. The molecule has 7 nitrogen and oxygen atoms in total. The molecule has 2 aromatic carbocycles. The largest absolute Gasteiger partial charge is 0.494 e. The number of hydrogen-bond acceptors (Lipinski definition) is 5. The molecule has 0 atom stereocenters. The van der Waals surface area contributed by atoms with Crippen LogP contribution >= 0.6 is 0 Å². The van der Waals surface area contributed by atoms with Gasteiger partial charge in [-0.25, -0.2) is 8.42 Å². The summed E-state index contributed by atoms with van der Waals surface area (Å²) < 4.78 is 37.4. The second kappa shape index (κ2) is 9.76. The van der Waals surface area contributed by atoms with Crippen molar-refractivity contribution in [2.45, 2.75) is 38.6 Å². The van der Waals surface area contributed by atoms with Crippen molar-refractivity contribution in [2.24, 2.45) is 0 Å². The van der Waals surface area contributed by atoms with Gasteiger partial charge in [-0.1, -0.05) is 0 Å². The molecule has 0 aliphatic rings. The van der Waals surface area contributed by atoms with E-state index >= 15 is 0 Å². The number of anilines is 1. The highest BCUT2D eigenvalue weighted by Gasteiger charge is 2.23. The molecule has 0 bridgehead atoms. The van der Waals surface area contributed by atoms with Gasteiger partial charge in [0, 0.05) is 24.7 Å². The van der Waals surface area contributed by atoms with Gasteiger partial charge in [0.1, 0.15) is 11.5 Å². The summed E-state index contributed by atoms with van der Waals surface area (Å²) in [7, 11) is -2.07. The standard InChI is InChI=1S/C21H28N2O5S/c1-6-27-17-10-13-20(28-7-2)19(14-17)22-21(24)16-8-11-18(12-9-16)29(25,26)23(5)15(3)4/h8-15H,6-7H2,1-5H3,(H,22,24). The molecule has 0 aromatic heterocycles. The predicted molar refractivity (Wildman–Crippen MR) is 113 cm³/mol. The number of nitrogens with one attached hydrogen (secondary N) is 1.